The number of rotatable bonds is 10. The predicted molar refractivity (Wildman–Crippen MR) is 114 cm³/mol. The van der Waals surface area contributed by atoms with Crippen molar-refractivity contribution in [2.24, 2.45) is 4.99 Å². The number of alkyl halides is 3. The van der Waals surface area contributed by atoms with Crippen molar-refractivity contribution >= 4 is 29.9 Å². The Hall–Kier alpha value is -1.07. The minimum Gasteiger partial charge on any atom is -0.367 e. The number of halogens is 4. The molecule has 1 aromatic rings. The van der Waals surface area contributed by atoms with Gasteiger partial charge in [-0.3, -0.25) is 0 Å². The Kier molecular flexibility index (Phi) is 13.4. The van der Waals surface area contributed by atoms with Gasteiger partial charge in [-0.25, -0.2) is 4.99 Å². The maximum atomic E-state index is 12.1. The SMILES string of the molecule is CCNC(=NCc1ccc(COCC(F)(F)F)cc1)NCCCN(C)C.I. The second-order valence-corrected chi connectivity index (χ2v) is 6.20. The minimum absolute atomic E-state index is 0. The molecule has 0 aliphatic rings. The molecule has 0 unspecified atom stereocenters. The Bertz CT molecular complexity index is 536. The number of nitrogens with zero attached hydrogens (tertiary/aromatic N) is 2. The van der Waals surface area contributed by atoms with E-state index < -0.39 is 12.8 Å². The monoisotopic (exact) mass is 502 g/mol. The van der Waals surface area contributed by atoms with Crippen LogP contribution >= 0.6 is 24.0 Å². The molecule has 156 valence electrons. The van der Waals surface area contributed by atoms with Crippen LogP contribution in [-0.4, -0.2) is 57.4 Å². The summed E-state index contributed by atoms with van der Waals surface area (Å²) in [5.74, 6) is 0.754. The van der Waals surface area contributed by atoms with Crippen LogP contribution in [0.2, 0.25) is 0 Å². The molecule has 0 spiro atoms. The topological polar surface area (TPSA) is 48.9 Å². The molecule has 0 aromatic heterocycles. The maximum absolute atomic E-state index is 12.1. The second-order valence-electron chi connectivity index (χ2n) is 6.20. The van der Waals surface area contributed by atoms with Crippen molar-refractivity contribution in [3.63, 3.8) is 0 Å². The number of ether oxygens (including phenoxy) is 1. The van der Waals surface area contributed by atoms with Gasteiger partial charge in [-0.05, 0) is 45.1 Å². The molecular weight excluding hydrogens is 472 g/mol. The number of hydrogen-bond acceptors (Lipinski definition) is 3. The molecule has 0 amide bonds. The summed E-state index contributed by atoms with van der Waals surface area (Å²) in [6.45, 7) is 3.82. The fourth-order valence-electron chi connectivity index (χ4n) is 2.14. The molecule has 0 radical (unpaired) electrons. The van der Waals surface area contributed by atoms with Crippen molar-refractivity contribution in [3.05, 3.63) is 35.4 Å². The average molecular weight is 502 g/mol. The molecule has 0 aliphatic carbocycles. The van der Waals surface area contributed by atoms with Crippen molar-refractivity contribution in [1.82, 2.24) is 15.5 Å². The molecule has 0 atom stereocenters. The molecule has 9 heteroatoms. The molecule has 0 heterocycles. The van der Waals surface area contributed by atoms with E-state index in [0.717, 1.165) is 37.6 Å². The Morgan fingerprint density at radius 2 is 1.74 bits per heavy atom. The lowest BCUT2D eigenvalue weighted by molar-refractivity contribution is -0.176. The predicted octanol–water partition coefficient (Wildman–Crippen LogP) is 3.39. The summed E-state index contributed by atoms with van der Waals surface area (Å²) in [6, 6.07) is 7.23. The first-order valence-electron chi connectivity index (χ1n) is 8.69. The first kappa shape index (κ1) is 25.9. The lowest BCUT2D eigenvalue weighted by Crippen LogP contribution is -2.38. The van der Waals surface area contributed by atoms with Gasteiger partial charge < -0.3 is 20.3 Å². The fraction of sp³-hybridized carbons (Fsp3) is 0.611. The number of aliphatic imine (C=N–C) groups is 1. The van der Waals surface area contributed by atoms with Crippen LogP contribution in [0.4, 0.5) is 13.2 Å². The quantitative estimate of drug-likeness (QED) is 0.223. The summed E-state index contributed by atoms with van der Waals surface area (Å²) < 4.78 is 40.8. The van der Waals surface area contributed by atoms with E-state index in [4.69, 9.17) is 0 Å². The van der Waals surface area contributed by atoms with Gasteiger partial charge in [-0.15, -0.1) is 24.0 Å². The zero-order valence-corrected chi connectivity index (χ0v) is 18.4. The van der Waals surface area contributed by atoms with E-state index in [1.54, 1.807) is 12.1 Å². The summed E-state index contributed by atoms with van der Waals surface area (Å²) in [4.78, 5) is 6.66. The van der Waals surface area contributed by atoms with Crippen LogP contribution < -0.4 is 10.6 Å². The zero-order chi connectivity index (χ0) is 19.4. The Morgan fingerprint density at radius 3 is 2.30 bits per heavy atom. The molecule has 0 fully saturated rings. The number of hydrogen-bond donors (Lipinski definition) is 2. The van der Waals surface area contributed by atoms with E-state index in [-0.39, 0.29) is 30.6 Å². The van der Waals surface area contributed by atoms with E-state index in [9.17, 15) is 13.2 Å². The first-order chi connectivity index (χ1) is 12.3. The maximum Gasteiger partial charge on any atom is 0.411 e. The molecule has 27 heavy (non-hydrogen) atoms. The molecule has 1 rings (SSSR count). The van der Waals surface area contributed by atoms with E-state index in [1.165, 1.54) is 0 Å². The van der Waals surface area contributed by atoms with E-state index in [2.05, 4.69) is 25.3 Å². The molecule has 0 aliphatic heterocycles. The molecule has 0 saturated heterocycles. The van der Waals surface area contributed by atoms with Crippen molar-refractivity contribution in [2.45, 2.75) is 32.7 Å². The van der Waals surface area contributed by atoms with E-state index in [0.29, 0.717) is 12.1 Å². The van der Waals surface area contributed by atoms with Gasteiger partial charge >= 0.3 is 6.18 Å². The van der Waals surface area contributed by atoms with Crippen LogP contribution in [0.3, 0.4) is 0 Å². The highest BCUT2D eigenvalue weighted by Gasteiger charge is 2.27. The third-order valence-electron chi connectivity index (χ3n) is 3.40. The van der Waals surface area contributed by atoms with Crippen molar-refractivity contribution in [2.75, 3.05) is 40.3 Å². The molecule has 0 bridgehead atoms. The third kappa shape index (κ3) is 13.7. The van der Waals surface area contributed by atoms with Gasteiger partial charge in [0.1, 0.15) is 6.61 Å². The Morgan fingerprint density at radius 1 is 1.11 bits per heavy atom. The van der Waals surface area contributed by atoms with Crippen molar-refractivity contribution in [3.8, 4) is 0 Å². The largest absolute Gasteiger partial charge is 0.411 e. The molecule has 5 nitrogen and oxygen atoms in total. The van der Waals surface area contributed by atoms with Gasteiger partial charge in [0.2, 0.25) is 0 Å². The van der Waals surface area contributed by atoms with Crippen LogP contribution in [0.5, 0.6) is 0 Å². The minimum atomic E-state index is -4.29. The first-order valence-corrected chi connectivity index (χ1v) is 8.69. The fourth-order valence-corrected chi connectivity index (χ4v) is 2.14. The highest BCUT2D eigenvalue weighted by atomic mass is 127. The highest BCUT2D eigenvalue weighted by Crippen LogP contribution is 2.16. The standard InChI is InChI=1S/C18H29F3N4O.HI/c1-4-22-17(23-10-5-11-25(2)3)24-12-15-6-8-16(9-7-15)13-26-14-18(19,20)21;/h6-9H,4-5,10-14H2,1-3H3,(H2,22,23,24);1H. The lowest BCUT2D eigenvalue weighted by atomic mass is 10.1. The van der Waals surface area contributed by atoms with Gasteiger partial charge in [0, 0.05) is 13.1 Å². The average Bonchev–Trinajstić information content (AvgIpc) is 2.56. The molecule has 0 saturated carbocycles. The summed E-state index contributed by atoms with van der Waals surface area (Å²) in [5.41, 5.74) is 1.69. The van der Waals surface area contributed by atoms with Crippen molar-refractivity contribution < 1.29 is 17.9 Å². The van der Waals surface area contributed by atoms with Crippen LogP contribution in [0.15, 0.2) is 29.3 Å². The zero-order valence-electron chi connectivity index (χ0n) is 16.1. The summed E-state index contributed by atoms with van der Waals surface area (Å²) in [6.07, 6.45) is -3.28. The van der Waals surface area contributed by atoms with Gasteiger partial charge in [0.25, 0.3) is 0 Å². The lowest BCUT2D eigenvalue weighted by Gasteiger charge is -2.13. The molecular formula is C18H30F3IN4O. The number of benzene rings is 1. The summed E-state index contributed by atoms with van der Waals surface area (Å²) in [7, 11) is 4.08. The Balaban J connectivity index is 0.00000676. The molecule has 2 N–H and O–H groups in total. The second kappa shape index (κ2) is 14.0. The van der Waals surface area contributed by atoms with Gasteiger partial charge in [0.05, 0.1) is 13.2 Å². The van der Waals surface area contributed by atoms with E-state index >= 15 is 0 Å². The van der Waals surface area contributed by atoms with Crippen LogP contribution in [-0.2, 0) is 17.9 Å². The normalized spacial score (nSPS) is 12.0. The van der Waals surface area contributed by atoms with Crippen LogP contribution in [0.1, 0.15) is 24.5 Å². The summed E-state index contributed by atoms with van der Waals surface area (Å²) in [5, 5.41) is 6.48. The third-order valence-corrected chi connectivity index (χ3v) is 3.40. The van der Waals surface area contributed by atoms with Gasteiger partial charge in [-0.2, -0.15) is 13.2 Å². The van der Waals surface area contributed by atoms with Crippen LogP contribution in [0, 0.1) is 0 Å². The van der Waals surface area contributed by atoms with E-state index in [1.807, 2.05) is 33.2 Å². The number of guanidine groups is 1. The van der Waals surface area contributed by atoms with Crippen molar-refractivity contribution in [1.29, 1.82) is 0 Å². The smallest absolute Gasteiger partial charge is 0.367 e. The van der Waals surface area contributed by atoms with Gasteiger partial charge in [0.15, 0.2) is 5.96 Å². The van der Waals surface area contributed by atoms with Crippen LogP contribution in [0.25, 0.3) is 0 Å². The summed E-state index contributed by atoms with van der Waals surface area (Å²) >= 11 is 0. The highest BCUT2D eigenvalue weighted by molar-refractivity contribution is 14.0. The Labute approximate surface area is 176 Å². The van der Waals surface area contributed by atoms with Gasteiger partial charge in [-0.1, -0.05) is 24.3 Å². The molecule has 1 aromatic carbocycles. The number of nitrogens with one attached hydrogen (secondary N) is 2.